The third-order valence-corrected chi connectivity index (χ3v) is 4.87. The molecule has 0 bridgehead atoms. The molecular formula is C17H20N4O7S. The fourth-order valence-corrected chi connectivity index (χ4v) is 3.21. The van der Waals surface area contributed by atoms with E-state index >= 15 is 0 Å². The number of carboxylic acid groups (broad SMARTS) is 1. The number of aliphatic carboxylic acids is 1. The van der Waals surface area contributed by atoms with Gasteiger partial charge < -0.3 is 15.7 Å². The van der Waals surface area contributed by atoms with Crippen LogP contribution in [0.1, 0.15) is 33.6 Å². The van der Waals surface area contributed by atoms with Gasteiger partial charge in [-0.3, -0.25) is 24.6 Å². The molecule has 1 aliphatic heterocycles. The normalized spacial score (nSPS) is 13.8. The molecule has 1 aromatic rings. The number of imide groups is 1. The summed E-state index contributed by atoms with van der Waals surface area (Å²) in [4.78, 5) is 58.7. The van der Waals surface area contributed by atoms with Crippen molar-refractivity contribution in [3.63, 3.8) is 0 Å². The van der Waals surface area contributed by atoms with Crippen LogP contribution in [-0.2, 0) is 4.79 Å². The summed E-state index contributed by atoms with van der Waals surface area (Å²) in [6, 6.07) is 1.82. The van der Waals surface area contributed by atoms with E-state index in [0.29, 0.717) is 5.75 Å². The molecule has 29 heavy (non-hydrogen) atoms. The smallest absolute Gasteiger partial charge is 0.326 e. The zero-order chi connectivity index (χ0) is 21.6. The Hall–Kier alpha value is -3.15. The largest absolute Gasteiger partial charge is 0.480 e. The van der Waals surface area contributed by atoms with Crippen LogP contribution in [0.3, 0.4) is 0 Å². The minimum Gasteiger partial charge on any atom is -0.480 e. The lowest BCUT2D eigenvalue weighted by Gasteiger charge is -2.16. The van der Waals surface area contributed by atoms with Crippen LogP contribution in [0.5, 0.6) is 0 Å². The molecule has 12 heteroatoms. The molecule has 1 aliphatic rings. The van der Waals surface area contributed by atoms with E-state index in [2.05, 4.69) is 10.6 Å². The van der Waals surface area contributed by atoms with Crippen LogP contribution in [-0.4, -0.2) is 69.9 Å². The minimum atomic E-state index is -1.13. The van der Waals surface area contributed by atoms with Gasteiger partial charge in [-0.25, -0.2) is 9.59 Å². The summed E-state index contributed by atoms with van der Waals surface area (Å²) < 4.78 is 0. The number of hydrogen-bond acceptors (Lipinski definition) is 7. The maximum atomic E-state index is 12.3. The Labute approximate surface area is 170 Å². The number of carboxylic acids is 1. The number of nitro benzene ring substituents is 1. The standard InChI is InChI=1S/C17H20N4O7S/c1-29-8-5-13(16(24)25)19-17(26)18-6-2-7-20-14(22)11-4-3-10(21(27)28)9-12(11)15(20)23/h3-4,9,13H,2,5-8H2,1H3,(H,24,25)(H2,18,19,26). The lowest BCUT2D eigenvalue weighted by atomic mass is 10.1. The van der Waals surface area contributed by atoms with Gasteiger partial charge in [-0.2, -0.15) is 11.8 Å². The molecule has 0 saturated heterocycles. The van der Waals surface area contributed by atoms with Crippen molar-refractivity contribution in [3.8, 4) is 0 Å². The molecule has 156 valence electrons. The number of nitro groups is 1. The molecule has 0 aromatic heterocycles. The van der Waals surface area contributed by atoms with Gasteiger partial charge in [-0.15, -0.1) is 0 Å². The van der Waals surface area contributed by atoms with Crippen LogP contribution in [0, 0.1) is 10.1 Å². The molecule has 0 fully saturated rings. The second-order valence-corrected chi connectivity index (χ2v) is 7.16. The Morgan fingerprint density at radius 1 is 1.28 bits per heavy atom. The molecule has 3 N–H and O–H groups in total. The van der Waals surface area contributed by atoms with Gasteiger partial charge in [0.05, 0.1) is 16.1 Å². The second-order valence-electron chi connectivity index (χ2n) is 6.18. The first-order valence-electron chi connectivity index (χ1n) is 8.67. The molecule has 4 amide bonds. The van der Waals surface area contributed by atoms with Crippen molar-refractivity contribution in [2.45, 2.75) is 18.9 Å². The van der Waals surface area contributed by atoms with E-state index in [-0.39, 0.29) is 42.7 Å². The number of rotatable bonds is 10. The lowest BCUT2D eigenvalue weighted by molar-refractivity contribution is -0.384. The summed E-state index contributed by atoms with van der Waals surface area (Å²) >= 11 is 1.47. The fraction of sp³-hybridized carbons (Fsp3) is 0.412. The second kappa shape index (κ2) is 9.87. The quantitative estimate of drug-likeness (QED) is 0.218. The Morgan fingerprint density at radius 3 is 2.59 bits per heavy atom. The number of amides is 4. The first kappa shape index (κ1) is 22.1. The fourth-order valence-electron chi connectivity index (χ4n) is 2.74. The maximum absolute atomic E-state index is 12.3. The number of non-ortho nitro benzene ring substituents is 1. The van der Waals surface area contributed by atoms with E-state index in [1.54, 1.807) is 0 Å². The molecule has 0 aliphatic carbocycles. The average molecular weight is 424 g/mol. The number of nitrogens with zero attached hydrogens (tertiary/aromatic N) is 2. The molecule has 2 rings (SSSR count). The van der Waals surface area contributed by atoms with E-state index < -0.39 is 34.8 Å². The Bertz CT molecular complexity index is 845. The van der Waals surface area contributed by atoms with Crippen molar-refractivity contribution in [1.82, 2.24) is 15.5 Å². The SMILES string of the molecule is CSCCC(NC(=O)NCCCN1C(=O)c2ccc([N+](=O)[O-])cc2C1=O)C(=O)O. The number of hydrogen-bond donors (Lipinski definition) is 3. The van der Waals surface area contributed by atoms with Crippen LogP contribution in [0.25, 0.3) is 0 Å². The maximum Gasteiger partial charge on any atom is 0.326 e. The topological polar surface area (TPSA) is 159 Å². The van der Waals surface area contributed by atoms with E-state index in [4.69, 9.17) is 5.11 Å². The molecule has 1 unspecified atom stereocenters. The van der Waals surface area contributed by atoms with Gasteiger partial charge in [-0.05, 0) is 30.9 Å². The van der Waals surface area contributed by atoms with Gasteiger partial charge in [0, 0.05) is 25.2 Å². The van der Waals surface area contributed by atoms with Crippen molar-refractivity contribution in [3.05, 3.63) is 39.4 Å². The van der Waals surface area contributed by atoms with E-state index in [9.17, 15) is 29.3 Å². The summed E-state index contributed by atoms with van der Waals surface area (Å²) in [5.41, 5.74) is -0.197. The van der Waals surface area contributed by atoms with Crippen LogP contribution in [0.4, 0.5) is 10.5 Å². The summed E-state index contributed by atoms with van der Waals surface area (Å²) in [7, 11) is 0. The molecule has 1 aromatic carbocycles. The molecule has 11 nitrogen and oxygen atoms in total. The number of fused-ring (bicyclic) bond motifs is 1. The van der Waals surface area contributed by atoms with Crippen LogP contribution >= 0.6 is 11.8 Å². The number of urea groups is 1. The first-order valence-corrected chi connectivity index (χ1v) is 10.1. The van der Waals surface area contributed by atoms with Crippen molar-refractivity contribution < 1.29 is 29.2 Å². The van der Waals surface area contributed by atoms with Crippen LogP contribution in [0.15, 0.2) is 18.2 Å². The van der Waals surface area contributed by atoms with Gasteiger partial charge in [0.15, 0.2) is 0 Å². The highest BCUT2D eigenvalue weighted by molar-refractivity contribution is 7.98. The van der Waals surface area contributed by atoms with Gasteiger partial charge in [0.25, 0.3) is 17.5 Å². The highest BCUT2D eigenvalue weighted by Gasteiger charge is 2.36. The molecule has 0 spiro atoms. The summed E-state index contributed by atoms with van der Waals surface area (Å²) in [5.74, 6) is -1.72. The molecule has 0 radical (unpaired) electrons. The summed E-state index contributed by atoms with van der Waals surface area (Å²) in [5, 5.41) is 24.8. The third kappa shape index (κ3) is 5.44. The Balaban J connectivity index is 1.84. The van der Waals surface area contributed by atoms with Gasteiger partial charge in [0.1, 0.15) is 6.04 Å². The van der Waals surface area contributed by atoms with Gasteiger partial charge >= 0.3 is 12.0 Å². The number of thioether (sulfide) groups is 1. The number of benzene rings is 1. The summed E-state index contributed by atoms with van der Waals surface area (Å²) in [6.45, 7) is 0.115. The lowest BCUT2D eigenvalue weighted by Crippen LogP contribution is -2.46. The average Bonchev–Trinajstić information content (AvgIpc) is 2.92. The van der Waals surface area contributed by atoms with Gasteiger partial charge in [-0.1, -0.05) is 0 Å². The van der Waals surface area contributed by atoms with Crippen LogP contribution in [0.2, 0.25) is 0 Å². The number of nitrogens with one attached hydrogen (secondary N) is 2. The van der Waals surface area contributed by atoms with Crippen molar-refractivity contribution >= 4 is 41.3 Å². The van der Waals surface area contributed by atoms with Gasteiger partial charge in [0.2, 0.25) is 0 Å². The van der Waals surface area contributed by atoms with Crippen LogP contribution < -0.4 is 10.6 Å². The predicted octanol–water partition coefficient (Wildman–Crippen LogP) is 1.09. The molecular weight excluding hydrogens is 404 g/mol. The minimum absolute atomic E-state index is 0.00918. The predicted molar refractivity (Wildman–Crippen MR) is 104 cm³/mol. The number of carbonyl (C=O) groups excluding carboxylic acids is 3. The highest BCUT2D eigenvalue weighted by atomic mass is 32.2. The van der Waals surface area contributed by atoms with Crippen molar-refractivity contribution in [2.24, 2.45) is 0 Å². The summed E-state index contributed by atoms with van der Waals surface area (Å²) in [6.07, 6.45) is 2.35. The monoisotopic (exact) mass is 424 g/mol. The third-order valence-electron chi connectivity index (χ3n) is 4.22. The molecule has 1 heterocycles. The van der Waals surface area contributed by atoms with E-state index in [1.165, 1.54) is 17.8 Å². The van der Waals surface area contributed by atoms with E-state index in [1.807, 2.05) is 6.26 Å². The Kier molecular flexibility index (Phi) is 7.53. The van der Waals surface area contributed by atoms with Crippen molar-refractivity contribution in [1.29, 1.82) is 0 Å². The highest BCUT2D eigenvalue weighted by Crippen LogP contribution is 2.26. The molecule has 1 atom stereocenters. The molecule has 0 saturated carbocycles. The first-order chi connectivity index (χ1) is 13.8. The zero-order valence-corrected chi connectivity index (χ0v) is 16.4. The van der Waals surface area contributed by atoms with Crippen molar-refractivity contribution in [2.75, 3.05) is 25.1 Å². The van der Waals surface area contributed by atoms with E-state index in [0.717, 1.165) is 17.0 Å². The zero-order valence-electron chi connectivity index (χ0n) is 15.5. The number of carbonyl (C=O) groups is 4. The Morgan fingerprint density at radius 2 is 1.97 bits per heavy atom.